The van der Waals surface area contributed by atoms with Gasteiger partial charge in [0.15, 0.2) is 0 Å². The lowest BCUT2D eigenvalue weighted by Gasteiger charge is -2.27. The number of amides is 3. The summed E-state index contributed by atoms with van der Waals surface area (Å²) in [6.07, 6.45) is 0.972. The summed E-state index contributed by atoms with van der Waals surface area (Å²) in [4.78, 5) is 48.0. The molecule has 29 heavy (non-hydrogen) atoms. The van der Waals surface area contributed by atoms with Crippen LogP contribution in [0, 0.1) is 11.8 Å². The fraction of sp³-hybridized carbons (Fsp3) is 0.778. The van der Waals surface area contributed by atoms with E-state index >= 15 is 0 Å². The maximum atomic E-state index is 12.7. The lowest BCUT2D eigenvalue weighted by molar-refractivity contribution is -0.143. The SMILES string of the molecule is CCC(C)C(NC(=O)C(N)CC(C)C)C(=O)NC(CO)C(=O)NC(CO)C(=O)O. The van der Waals surface area contributed by atoms with Crippen LogP contribution in [0.2, 0.25) is 0 Å². The second kappa shape index (κ2) is 13.1. The van der Waals surface area contributed by atoms with E-state index in [4.69, 9.17) is 15.9 Å². The number of carbonyl (C=O) groups excluding carboxylic acids is 3. The van der Waals surface area contributed by atoms with E-state index in [2.05, 4.69) is 10.6 Å². The van der Waals surface area contributed by atoms with Crippen molar-refractivity contribution in [3.05, 3.63) is 0 Å². The van der Waals surface area contributed by atoms with Gasteiger partial charge in [0.1, 0.15) is 18.1 Å². The third kappa shape index (κ3) is 9.20. The van der Waals surface area contributed by atoms with Crippen LogP contribution in [-0.4, -0.2) is 76.4 Å². The van der Waals surface area contributed by atoms with Gasteiger partial charge in [0.05, 0.1) is 19.3 Å². The Morgan fingerprint density at radius 2 is 1.38 bits per heavy atom. The van der Waals surface area contributed by atoms with Crippen LogP contribution in [0.3, 0.4) is 0 Å². The highest BCUT2D eigenvalue weighted by Crippen LogP contribution is 2.10. The van der Waals surface area contributed by atoms with Gasteiger partial charge in [-0.05, 0) is 18.3 Å². The molecule has 0 aliphatic carbocycles. The average molecular weight is 418 g/mol. The number of hydrogen-bond acceptors (Lipinski definition) is 7. The molecule has 0 aromatic heterocycles. The molecule has 0 bridgehead atoms. The predicted octanol–water partition coefficient (Wildman–Crippen LogP) is -2.07. The molecule has 0 heterocycles. The van der Waals surface area contributed by atoms with E-state index in [1.807, 2.05) is 26.1 Å². The highest BCUT2D eigenvalue weighted by molar-refractivity contribution is 5.94. The standard InChI is InChI=1S/C18H34N4O7/c1-5-10(4)14(22-15(25)11(19)6-9(2)3)17(27)20-12(7-23)16(26)21-13(8-24)18(28)29/h9-14,23-24H,5-8,19H2,1-4H3,(H,20,27)(H,21,26)(H,22,25)(H,28,29). The Labute approximate surface area is 170 Å². The van der Waals surface area contributed by atoms with Gasteiger partial charge in [-0.25, -0.2) is 4.79 Å². The number of carbonyl (C=O) groups is 4. The van der Waals surface area contributed by atoms with Crippen molar-refractivity contribution in [3.8, 4) is 0 Å². The summed E-state index contributed by atoms with van der Waals surface area (Å²) in [5.74, 6) is -3.77. The molecule has 0 aromatic carbocycles. The molecule has 0 saturated heterocycles. The maximum Gasteiger partial charge on any atom is 0.328 e. The van der Waals surface area contributed by atoms with Crippen molar-refractivity contribution in [1.29, 1.82) is 0 Å². The molecule has 168 valence electrons. The molecule has 0 rings (SSSR count). The zero-order valence-corrected chi connectivity index (χ0v) is 17.3. The molecular weight excluding hydrogens is 384 g/mol. The topological polar surface area (TPSA) is 191 Å². The van der Waals surface area contributed by atoms with E-state index in [1.54, 1.807) is 6.92 Å². The zero-order chi connectivity index (χ0) is 22.7. The van der Waals surface area contributed by atoms with E-state index in [1.165, 1.54) is 0 Å². The van der Waals surface area contributed by atoms with Crippen LogP contribution in [0.5, 0.6) is 0 Å². The smallest absolute Gasteiger partial charge is 0.328 e. The highest BCUT2D eigenvalue weighted by atomic mass is 16.4. The number of carboxylic acids is 1. The Hall–Kier alpha value is -2.24. The Balaban J connectivity index is 5.21. The van der Waals surface area contributed by atoms with Crippen LogP contribution in [0.25, 0.3) is 0 Å². The van der Waals surface area contributed by atoms with Crippen LogP contribution >= 0.6 is 0 Å². The summed E-state index contributed by atoms with van der Waals surface area (Å²) in [6, 6.07) is -4.83. The summed E-state index contributed by atoms with van der Waals surface area (Å²) in [5, 5.41) is 34.2. The van der Waals surface area contributed by atoms with Gasteiger partial charge in [-0.1, -0.05) is 34.1 Å². The molecule has 0 aromatic rings. The monoisotopic (exact) mass is 418 g/mol. The van der Waals surface area contributed by atoms with Gasteiger partial charge in [0.25, 0.3) is 0 Å². The Bertz CT molecular complexity index is 570. The number of hydrogen-bond donors (Lipinski definition) is 7. The molecule has 0 fully saturated rings. The van der Waals surface area contributed by atoms with Crippen molar-refractivity contribution in [2.24, 2.45) is 17.6 Å². The molecule has 3 amide bonds. The third-order valence-corrected chi connectivity index (χ3v) is 4.47. The van der Waals surface area contributed by atoms with E-state index in [0.29, 0.717) is 12.8 Å². The molecule has 0 radical (unpaired) electrons. The summed E-state index contributed by atoms with van der Waals surface area (Å²) >= 11 is 0. The first kappa shape index (κ1) is 26.8. The second-order valence-corrected chi connectivity index (χ2v) is 7.43. The molecule has 11 heteroatoms. The number of rotatable bonds is 13. The van der Waals surface area contributed by atoms with E-state index in [9.17, 15) is 24.3 Å². The Kier molecular flexibility index (Phi) is 12.1. The molecule has 0 saturated carbocycles. The van der Waals surface area contributed by atoms with Crippen LogP contribution in [0.4, 0.5) is 0 Å². The summed E-state index contributed by atoms with van der Waals surface area (Å²) < 4.78 is 0. The van der Waals surface area contributed by atoms with E-state index < -0.39 is 61.1 Å². The zero-order valence-electron chi connectivity index (χ0n) is 17.3. The molecule has 8 N–H and O–H groups in total. The van der Waals surface area contributed by atoms with E-state index in [-0.39, 0.29) is 11.8 Å². The number of nitrogens with two attached hydrogens (primary N) is 1. The number of nitrogens with one attached hydrogen (secondary N) is 3. The Morgan fingerprint density at radius 3 is 1.79 bits per heavy atom. The second-order valence-electron chi connectivity index (χ2n) is 7.43. The fourth-order valence-electron chi connectivity index (χ4n) is 2.49. The number of aliphatic hydroxyl groups excluding tert-OH is 2. The van der Waals surface area contributed by atoms with Crippen molar-refractivity contribution in [3.63, 3.8) is 0 Å². The first-order chi connectivity index (χ1) is 13.5. The summed E-state index contributed by atoms with van der Waals surface area (Å²) in [6.45, 7) is 5.72. The van der Waals surface area contributed by atoms with Crippen molar-refractivity contribution >= 4 is 23.7 Å². The van der Waals surface area contributed by atoms with Crippen LogP contribution in [0.15, 0.2) is 0 Å². The van der Waals surface area contributed by atoms with Crippen molar-refractivity contribution in [2.45, 2.75) is 64.7 Å². The number of aliphatic hydroxyl groups is 2. The summed E-state index contributed by atoms with van der Waals surface area (Å²) in [7, 11) is 0. The van der Waals surface area contributed by atoms with Crippen molar-refractivity contribution in [2.75, 3.05) is 13.2 Å². The molecule has 5 unspecified atom stereocenters. The van der Waals surface area contributed by atoms with Gasteiger partial charge in [0.2, 0.25) is 17.7 Å². The van der Waals surface area contributed by atoms with Gasteiger partial charge in [0, 0.05) is 0 Å². The Morgan fingerprint density at radius 1 is 0.862 bits per heavy atom. The normalized spacial score (nSPS) is 16.3. The van der Waals surface area contributed by atoms with Crippen LogP contribution in [-0.2, 0) is 19.2 Å². The lowest BCUT2D eigenvalue weighted by Crippen LogP contribution is -2.59. The molecule has 0 aliphatic heterocycles. The molecular formula is C18H34N4O7. The number of aliphatic carboxylic acids is 1. The van der Waals surface area contributed by atoms with Gasteiger partial charge in [-0.15, -0.1) is 0 Å². The third-order valence-electron chi connectivity index (χ3n) is 4.47. The minimum atomic E-state index is -1.58. The highest BCUT2D eigenvalue weighted by Gasteiger charge is 2.32. The fourth-order valence-corrected chi connectivity index (χ4v) is 2.49. The van der Waals surface area contributed by atoms with Gasteiger partial charge in [-0.3, -0.25) is 14.4 Å². The van der Waals surface area contributed by atoms with E-state index in [0.717, 1.165) is 0 Å². The molecule has 11 nitrogen and oxygen atoms in total. The van der Waals surface area contributed by atoms with Crippen molar-refractivity contribution in [1.82, 2.24) is 16.0 Å². The summed E-state index contributed by atoms with van der Waals surface area (Å²) in [5.41, 5.74) is 5.86. The maximum absolute atomic E-state index is 12.7. The minimum Gasteiger partial charge on any atom is -0.480 e. The van der Waals surface area contributed by atoms with Crippen LogP contribution < -0.4 is 21.7 Å². The van der Waals surface area contributed by atoms with Crippen molar-refractivity contribution < 1.29 is 34.5 Å². The van der Waals surface area contributed by atoms with Gasteiger partial charge < -0.3 is 37.0 Å². The molecule has 5 atom stereocenters. The molecule has 0 spiro atoms. The van der Waals surface area contributed by atoms with Gasteiger partial charge >= 0.3 is 5.97 Å². The average Bonchev–Trinajstić information content (AvgIpc) is 2.66. The quantitative estimate of drug-likeness (QED) is 0.177. The van der Waals surface area contributed by atoms with Gasteiger partial charge in [-0.2, -0.15) is 0 Å². The number of carboxylic acid groups (broad SMARTS) is 1. The lowest BCUT2D eigenvalue weighted by atomic mass is 9.96. The largest absolute Gasteiger partial charge is 0.480 e. The van der Waals surface area contributed by atoms with Crippen LogP contribution in [0.1, 0.15) is 40.5 Å². The molecule has 0 aliphatic rings. The first-order valence-electron chi connectivity index (χ1n) is 9.59. The predicted molar refractivity (Wildman–Crippen MR) is 104 cm³/mol. The minimum absolute atomic E-state index is 0.183. The first-order valence-corrected chi connectivity index (χ1v) is 9.59.